The van der Waals surface area contributed by atoms with Crippen LogP contribution >= 0.6 is 12.2 Å². The molecule has 0 amide bonds. The second-order valence-corrected chi connectivity index (χ2v) is 4.83. The smallest absolute Gasteiger partial charge is 0.216 e. The van der Waals surface area contributed by atoms with Crippen LogP contribution in [0.25, 0.3) is 11.4 Å². The van der Waals surface area contributed by atoms with Crippen LogP contribution in [0.3, 0.4) is 0 Å². The molecule has 1 aromatic heterocycles. The number of para-hydroxylation sites is 1. The highest BCUT2D eigenvalue weighted by Crippen LogP contribution is 2.21. The summed E-state index contributed by atoms with van der Waals surface area (Å²) >= 11 is 5.11. The highest BCUT2D eigenvalue weighted by atomic mass is 32.1. The van der Waals surface area contributed by atoms with Gasteiger partial charge in [-0.25, -0.2) is 9.49 Å². The van der Waals surface area contributed by atoms with Crippen molar-refractivity contribution in [1.82, 2.24) is 14.9 Å². The van der Waals surface area contributed by atoms with Gasteiger partial charge in [-0.3, -0.25) is 0 Å². The molecule has 3 rings (SSSR count). The van der Waals surface area contributed by atoms with Crippen molar-refractivity contribution in [1.29, 1.82) is 0 Å². The lowest BCUT2D eigenvalue weighted by molar-refractivity contribution is 0.474. The van der Waals surface area contributed by atoms with Gasteiger partial charge in [0.25, 0.3) is 0 Å². The van der Waals surface area contributed by atoms with Gasteiger partial charge in [-0.2, -0.15) is 14.9 Å². The predicted octanol–water partition coefficient (Wildman–Crippen LogP) is 3.33. The molecule has 5 nitrogen and oxygen atoms in total. The maximum atomic E-state index is 13.9. The van der Waals surface area contributed by atoms with Crippen LogP contribution in [0.5, 0.6) is 5.75 Å². The number of aromatic amines is 1. The van der Waals surface area contributed by atoms with E-state index in [1.807, 2.05) is 0 Å². The Morgan fingerprint density at radius 1 is 1.18 bits per heavy atom. The van der Waals surface area contributed by atoms with Crippen LogP contribution in [0.15, 0.2) is 53.6 Å². The van der Waals surface area contributed by atoms with Crippen molar-refractivity contribution in [3.63, 3.8) is 0 Å². The first kappa shape index (κ1) is 14.2. The number of H-pyrrole nitrogens is 1. The van der Waals surface area contributed by atoms with E-state index in [-0.39, 0.29) is 21.9 Å². The Balaban J connectivity index is 2.06. The van der Waals surface area contributed by atoms with Crippen molar-refractivity contribution in [2.75, 3.05) is 0 Å². The molecule has 22 heavy (non-hydrogen) atoms. The summed E-state index contributed by atoms with van der Waals surface area (Å²) in [6.07, 6.45) is 1.44. The zero-order valence-corrected chi connectivity index (χ0v) is 12.1. The van der Waals surface area contributed by atoms with Gasteiger partial charge in [-0.15, -0.1) is 0 Å². The summed E-state index contributed by atoms with van der Waals surface area (Å²) < 4.78 is 15.4. The lowest BCUT2D eigenvalue weighted by atomic mass is 10.2. The molecule has 3 aromatic rings. The molecule has 2 N–H and O–H groups in total. The van der Waals surface area contributed by atoms with Crippen LogP contribution in [0.1, 0.15) is 5.56 Å². The van der Waals surface area contributed by atoms with E-state index in [1.54, 1.807) is 42.5 Å². The van der Waals surface area contributed by atoms with Gasteiger partial charge in [-0.05, 0) is 36.5 Å². The first-order valence-corrected chi connectivity index (χ1v) is 6.82. The summed E-state index contributed by atoms with van der Waals surface area (Å²) in [5, 5.41) is 20.5. The predicted molar refractivity (Wildman–Crippen MR) is 83.9 cm³/mol. The first-order chi connectivity index (χ1) is 10.7. The number of hydrogen-bond donors (Lipinski definition) is 2. The lowest BCUT2D eigenvalue weighted by Crippen LogP contribution is -1.96. The van der Waals surface area contributed by atoms with Crippen molar-refractivity contribution in [2.24, 2.45) is 5.10 Å². The summed E-state index contributed by atoms with van der Waals surface area (Å²) in [5.41, 5.74) is 0.800. The van der Waals surface area contributed by atoms with Gasteiger partial charge in [0.05, 0.1) is 11.8 Å². The lowest BCUT2D eigenvalue weighted by Gasteiger charge is -2.02. The zero-order valence-electron chi connectivity index (χ0n) is 11.3. The van der Waals surface area contributed by atoms with Crippen LogP contribution in [0, 0.1) is 10.6 Å². The quantitative estimate of drug-likeness (QED) is 0.575. The topological polar surface area (TPSA) is 66.2 Å². The third-order valence-corrected chi connectivity index (χ3v) is 3.28. The van der Waals surface area contributed by atoms with E-state index in [9.17, 15) is 9.50 Å². The van der Waals surface area contributed by atoms with Gasteiger partial charge in [0.1, 0.15) is 11.6 Å². The summed E-state index contributed by atoms with van der Waals surface area (Å²) in [7, 11) is 0. The number of phenols is 1. The summed E-state index contributed by atoms with van der Waals surface area (Å²) in [6.45, 7) is 0. The largest absolute Gasteiger partial charge is 0.507 e. The van der Waals surface area contributed by atoms with E-state index < -0.39 is 5.82 Å². The number of rotatable bonds is 3. The third kappa shape index (κ3) is 2.66. The Kier molecular flexibility index (Phi) is 3.80. The number of aromatic nitrogens is 3. The summed E-state index contributed by atoms with van der Waals surface area (Å²) in [6, 6.07) is 13.0. The molecule has 0 atom stereocenters. The number of halogens is 1. The molecule has 1 heterocycles. The molecule has 0 saturated heterocycles. The first-order valence-electron chi connectivity index (χ1n) is 6.41. The van der Waals surface area contributed by atoms with Crippen LogP contribution in [0.2, 0.25) is 0 Å². The van der Waals surface area contributed by atoms with E-state index in [0.29, 0.717) is 5.56 Å². The monoisotopic (exact) mass is 314 g/mol. The zero-order chi connectivity index (χ0) is 15.5. The maximum absolute atomic E-state index is 13.9. The molecule has 7 heteroatoms. The Morgan fingerprint density at radius 2 is 1.91 bits per heavy atom. The Hall–Kier alpha value is -2.80. The number of aromatic hydroxyl groups is 1. The number of phenolic OH excluding ortho intramolecular Hbond substituents is 1. The normalized spacial score (nSPS) is 11.1. The molecule has 0 aliphatic heterocycles. The van der Waals surface area contributed by atoms with Crippen molar-refractivity contribution in [3.05, 3.63) is 64.7 Å². The van der Waals surface area contributed by atoms with Crippen LogP contribution in [0.4, 0.5) is 4.39 Å². The average Bonchev–Trinajstić information content (AvgIpc) is 2.88. The maximum Gasteiger partial charge on any atom is 0.216 e. The van der Waals surface area contributed by atoms with Crippen molar-refractivity contribution >= 4 is 18.4 Å². The molecular formula is C15H11FN4OS. The highest BCUT2D eigenvalue weighted by Gasteiger charge is 2.12. The fourth-order valence-electron chi connectivity index (χ4n) is 1.93. The summed E-state index contributed by atoms with van der Waals surface area (Å²) in [5.74, 6) is -0.0704. The number of nitrogens with zero attached hydrogens (tertiary/aromatic N) is 3. The van der Waals surface area contributed by atoms with E-state index in [1.165, 1.54) is 17.0 Å². The number of hydrogen-bond acceptors (Lipinski definition) is 4. The molecule has 0 spiro atoms. The molecule has 0 aliphatic carbocycles. The fourth-order valence-corrected chi connectivity index (χ4v) is 2.11. The van der Waals surface area contributed by atoms with Gasteiger partial charge < -0.3 is 5.11 Å². The van der Waals surface area contributed by atoms with Gasteiger partial charge in [0.2, 0.25) is 4.77 Å². The molecule has 0 saturated carbocycles. The summed E-state index contributed by atoms with van der Waals surface area (Å²) in [4.78, 5) is 0. The molecule has 0 unspecified atom stereocenters. The van der Waals surface area contributed by atoms with Crippen LogP contribution in [-0.2, 0) is 0 Å². The highest BCUT2D eigenvalue weighted by molar-refractivity contribution is 7.71. The van der Waals surface area contributed by atoms with Crippen molar-refractivity contribution < 1.29 is 9.50 Å². The SMILES string of the molecule is Oc1ccccc1/C=N\n1c(-c2ccccc2F)n[nH]c1=S. The Morgan fingerprint density at radius 3 is 2.68 bits per heavy atom. The minimum atomic E-state index is -0.421. The number of benzene rings is 2. The Labute approximate surface area is 130 Å². The van der Waals surface area contributed by atoms with Gasteiger partial charge in [-0.1, -0.05) is 24.3 Å². The third-order valence-electron chi connectivity index (χ3n) is 3.01. The Bertz CT molecular complexity index is 900. The van der Waals surface area contributed by atoms with E-state index >= 15 is 0 Å². The molecule has 110 valence electrons. The molecule has 0 radical (unpaired) electrons. The fraction of sp³-hybridized carbons (Fsp3) is 0. The van der Waals surface area contributed by atoms with Gasteiger partial charge in [0, 0.05) is 5.56 Å². The molecule has 0 aliphatic rings. The molecule has 2 aromatic carbocycles. The van der Waals surface area contributed by atoms with E-state index in [0.717, 1.165) is 0 Å². The molecular weight excluding hydrogens is 303 g/mol. The van der Waals surface area contributed by atoms with Crippen LogP contribution < -0.4 is 0 Å². The van der Waals surface area contributed by atoms with E-state index in [2.05, 4.69) is 15.3 Å². The minimum Gasteiger partial charge on any atom is -0.507 e. The van der Waals surface area contributed by atoms with Crippen molar-refractivity contribution in [2.45, 2.75) is 0 Å². The number of nitrogens with one attached hydrogen (secondary N) is 1. The van der Waals surface area contributed by atoms with Crippen LogP contribution in [-0.4, -0.2) is 26.2 Å². The minimum absolute atomic E-state index is 0.0914. The molecule has 0 bridgehead atoms. The average molecular weight is 314 g/mol. The molecule has 0 fully saturated rings. The van der Waals surface area contributed by atoms with Gasteiger partial charge in [0.15, 0.2) is 5.82 Å². The van der Waals surface area contributed by atoms with Gasteiger partial charge >= 0.3 is 0 Å². The standard InChI is InChI=1S/C15H11FN4OS/c16-12-7-3-2-6-11(12)14-18-19-15(22)20(14)17-9-10-5-1-4-8-13(10)21/h1-9,21H,(H,19,22)/b17-9-. The van der Waals surface area contributed by atoms with E-state index in [4.69, 9.17) is 12.2 Å². The van der Waals surface area contributed by atoms with Crippen molar-refractivity contribution in [3.8, 4) is 17.1 Å². The second-order valence-electron chi connectivity index (χ2n) is 4.45. The second kappa shape index (κ2) is 5.90.